The summed E-state index contributed by atoms with van der Waals surface area (Å²) in [6, 6.07) is 21.4. The van der Waals surface area contributed by atoms with E-state index in [0.29, 0.717) is 13.0 Å². The molecule has 0 aliphatic carbocycles. The van der Waals surface area contributed by atoms with E-state index in [9.17, 15) is 4.79 Å². The number of thiazole rings is 1. The van der Waals surface area contributed by atoms with Gasteiger partial charge in [-0.3, -0.25) is 15.1 Å². The number of nitrogens with one attached hydrogen (secondary N) is 2. The van der Waals surface area contributed by atoms with E-state index in [1.807, 2.05) is 72.1 Å². The van der Waals surface area contributed by atoms with Gasteiger partial charge in [0, 0.05) is 30.0 Å². The van der Waals surface area contributed by atoms with Crippen LogP contribution in [0.2, 0.25) is 0 Å². The van der Waals surface area contributed by atoms with E-state index < -0.39 is 0 Å². The number of hydrogen-bond acceptors (Lipinski definition) is 5. The molecule has 0 aliphatic heterocycles. The first-order valence-corrected chi connectivity index (χ1v) is 10.7. The molecule has 2 N–H and O–H groups in total. The molecule has 1 amide bonds. The fraction of sp³-hybridized carbons (Fsp3) is 0.125. The van der Waals surface area contributed by atoms with E-state index in [0.717, 1.165) is 28.1 Å². The van der Waals surface area contributed by atoms with Crippen molar-refractivity contribution in [2.24, 2.45) is 0 Å². The lowest BCUT2D eigenvalue weighted by Crippen LogP contribution is -2.41. The number of carbonyl (C=O) groups is 1. The zero-order chi connectivity index (χ0) is 20.6. The molecule has 1 atom stereocenters. The van der Waals surface area contributed by atoms with Crippen LogP contribution in [0.4, 0.5) is 5.69 Å². The molecule has 2 heterocycles. The van der Waals surface area contributed by atoms with Gasteiger partial charge in [-0.2, -0.15) is 0 Å². The maximum absolute atomic E-state index is 13.1. The summed E-state index contributed by atoms with van der Waals surface area (Å²) in [6.45, 7) is 0.547. The highest BCUT2D eigenvalue weighted by Crippen LogP contribution is 2.22. The molecule has 6 heteroatoms. The summed E-state index contributed by atoms with van der Waals surface area (Å²) in [5, 5.41) is 8.42. The fourth-order valence-electron chi connectivity index (χ4n) is 3.21. The Balaban J connectivity index is 1.49. The van der Waals surface area contributed by atoms with Gasteiger partial charge < -0.3 is 5.32 Å². The third-order valence-corrected chi connectivity index (χ3v) is 5.39. The zero-order valence-corrected chi connectivity index (χ0v) is 17.2. The van der Waals surface area contributed by atoms with Crippen molar-refractivity contribution in [3.05, 3.63) is 101 Å². The van der Waals surface area contributed by atoms with Gasteiger partial charge in [0.05, 0.1) is 17.2 Å². The number of nitrogens with zero attached hydrogens (tertiary/aromatic N) is 2. The minimum Gasteiger partial charge on any atom is -0.325 e. The first-order valence-electron chi connectivity index (χ1n) is 9.73. The van der Waals surface area contributed by atoms with Gasteiger partial charge in [-0.15, -0.1) is 11.3 Å². The molecule has 0 bridgehead atoms. The van der Waals surface area contributed by atoms with E-state index in [2.05, 4.69) is 20.6 Å². The average molecular weight is 415 g/mol. The molecule has 0 radical (unpaired) electrons. The molecule has 30 heavy (non-hydrogen) atoms. The van der Waals surface area contributed by atoms with Crippen molar-refractivity contribution >= 4 is 22.9 Å². The molecule has 0 spiro atoms. The quantitative estimate of drug-likeness (QED) is 0.444. The standard InChI is InChI=1S/C24H22N4OS/c29-24(28-21-8-4-7-20(14-21)19-9-11-25-12-10-19)23(13-18-5-2-1-3-6-18)26-15-22-16-30-17-27-22/h1-12,14,16-17,23,26H,13,15H2,(H,28,29)/t23-/m0/s1. The van der Waals surface area contributed by atoms with E-state index >= 15 is 0 Å². The summed E-state index contributed by atoms with van der Waals surface area (Å²) in [7, 11) is 0. The largest absolute Gasteiger partial charge is 0.325 e. The molecule has 4 rings (SSSR count). The van der Waals surface area contributed by atoms with Crippen molar-refractivity contribution < 1.29 is 4.79 Å². The van der Waals surface area contributed by atoms with Crippen molar-refractivity contribution in [2.75, 3.05) is 5.32 Å². The van der Waals surface area contributed by atoms with Crippen molar-refractivity contribution in [1.82, 2.24) is 15.3 Å². The number of amides is 1. The molecule has 0 aliphatic rings. The molecule has 2 aromatic carbocycles. The van der Waals surface area contributed by atoms with Crippen LogP contribution in [-0.2, 0) is 17.8 Å². The van der Waals surface area contributed by atoms with Crippen LogP contribution in [0.3, 0.4) is 0 Å². The van der Waals surface area contributed by atoms with Crippen LogP contribution < -0.4 is 10.6 Å². The van der Waals surface area contributed by atoms with Gasteiger partial charge in [-0.05, 0) is 47.4 Å². The summed E-state index contributed by atoms with van der Waals surface area (Å²) >= 11 is 1.55. The molecule has 0 saturated carbocycles. The zero-order valence-electron chi connectivity index (χ0n) is 16.4. The lowest BCUT2D eigenvalue weighted by Gasteiger charge is -2.18. The minimum atomic E-state index is -0.376. The van der Waals surface area contributed by atoms with Crippen molar-refractivity contribution in [1.29, 1.82) is 0 Å². The van der Waals surface area contributed by atoms with Gasteiger partial charge in [0.2, 0.25) is 5.91 Å². The second-order valence-corrected chi connectivity index (χ2v) is 7.63. The second kappa shape index (κ2) is 9.91. The Kier molecular flexibility index (Phi) is 6.59. The summed E-state index contributed by atoms with van der Waals surface area (Å²) in [5.74, 6) is -0.0686. The van der Waals surface area contributed by atoms with E-state index in [4.69, 9.17) is 0 Å². The number of rotatable bonds is 8. The molecule has 0 saturated heterocycles. The minimum absolute atomic E-state index is 0.0686. The van der Waals surface area contributed by atoms with E-state index in [1.54, 1.807) is 29.2 Å². The number of carbonyl (C=O) groups excluding carboxylic acids is 1. The van der Waals surface area contributed by atoms with Gasteiger partial charge >= 0.3 is 0 Å². The fourth-order valence-corrected chi connectivity index (χ4v) is 3.77. The maximum atomic E-state index is 13.1. The Morgan fingerprint density at radius 1 is 0.967 bits per heavy atom. The first kappa shape index (κ1) is 19.9. The highest BCUT2D eigenvalue weighted by molar-refractivity contribution is 7.07. The number of pyridine rings is 1. The van der Waals surface area contributed by atoms with Crippen LogP contribution in [0, 0.1) is 0 Å². The van der Waals surface area contributed by atoms with E-state index in [-0.39, 0.29) is 11.9 Å². The maximum Gasteiger partial charge on any atom is 0.241 e. The van der Waals surface area contributed by atoms with Crippen LogP contribution in [0.25, 0.3) is 11.1 Å². The number of anilines is 1. The third kappa shape index (κ3) is 5.37. The molecular formula is C24H22N4OS. The van der Waals surface area contributed by atoms with Gasteiger partial charge in [0.15, 0.2) is 0 Å². The molecule has 150 valence electrons. The summed E-state index contributed by atoms with van der Waals surface area (Å²) in [4.78, 5) is 21.5. The molecule has 2 aromatic heterocycles. The Morgan fingerprint density at radius 2 is 1.80 bits per heavy atom. The van der Waals surface area contributed by atoms with Crippen LogP contribution in [0.15, 0.2) is 90.0 Å². The number of aromatic nitrogens is 2. The smallest absolute Gasteiger partial charge is 0.241 e. The summed E-state index contributed by atoms with van der Waals surface area (Å²) in [6.07, 6.45) is 4.12. The Hall–Kier alpha value is -3.35. The average Bonchev–Trinajstić information content (AvgIpc) is 3.32. The number of benzene rings is 2. The lowest BCUT2D eigenvalue weighted by atomic mass is 10.0. The molecule has 0 unspecified atom stereocenters. The predicted octanol–water partition coefficient (Wildman–Crippen LogP) is 4.54. The lowest BCUT2D eigenvalue weighted by molar-refractivity contribution is -0.118. The van der Waals surface area contributed by atoms with Crippen molar-refractivity contribution in [3.8, 4) is 11.1 Å². The normalized spacial score (nSPS) is 11.7. The Morgan fingerprint density at radius 3 is 2.57 bits per heavy atom. The first-order chi connectivity index (χ1) is 14.8. The Labute approximate surface area is 179 Å². The molecular weight excluding hydrogens is 392 g/mol. The number of hydrogen-bond donors (Lipinski definition) is 2. The summed E-state index contributed by atoms with van der Waals surface area (Å²) < 4.78 is 0. The summed E-state index contributed by atoms with van der Waals surface area (Å²) in [5.41, 5.74) is 6.70. The van der Waals surface area contributed by atoms with Crippen molar-refractivity contribution in [2.45, 2.75) is 19.0 Å². The van der Waals surface area contributed by atoms with Gasteiger partial charge in [-0.1, -0.05) is 42.5 Å². The Bertz CT molecular complexity index is 1070. The molecule has 4 aromatic rings. The van der Waals surface area contributed by atoms with Gasteiger partial charge in [0.1, 0.15) is 0 Å². The van der Waals surface area contributed by atoms with Crippen LogP contribution in [-0.4, -0.2) is 21.9 Å². The molecule has 0 fully saturated rings. The van der Waals surface area contributed by atoms with Gasteiger partial charge in [-0.25, -0.2) is 4.98 Å². The van der Waals surface area contributed by atoms with Crippen molar-refractivity contribution in [3.63, 3.8) is 0 Å². The highest BCUT2D eigenvalue weighted by atomic mass is 32.1. The second-order valence-electron chi connectivity index (χ2n) is 6.91. The SMILES string of the molecule is O=C(Nc1cccc(-c2ccncc2)c1)[C@H](Cc1ccccc1)NCc1cscn1. The third-order valence-electron chi connectivity index (χ3n) is 4.76. The van der Waals surface area contributed by atoms with E-state index in [1.165, 1.54) is 0 Å². The van der Waals surface area contributed by atoms with Crippen LogP contribution in [0.1, 0.15) is 11.3 Å². The van der Waals surface area contributed by atoms with Gasteiger partial charge in [0.25, 0.3) is 0 Å². The van der Waals surface area contributed by atoms with Crippen LogP contribution in [0.5, 0.6) is 0 Å². The predicted molar refractivity (Wildman–Crippen MR) is 121 cm³/mol. The monoisotopic (exact) mass is 414 g/mol. The molecule has 5 nitrogen and oxygen atoms in total. The highest BCUT2D eigenvalue weighted by Gasteiger charge is 2.19. The van der Waals surface area contributed by atoms with Crippen LogP contribution >= 0.6 is 11.3 Å². The topological polar surface area (TPSA) is 66.9 Å².